The lowest BCUT2D eigenvalue weighted by atomic mass is 9.94. The fraction of sp³-hybridized carbons (Fsp3) is 0.933. The zero-order chi connectivity index (χ0) is 14.1. The van der Waals surface area contributed by atoms with E-state index < -0.39 is 0 Å². The summed E-state index contributed by atoms with van der Waals surface area (Å²) in [5, 5.41) is 7.23. The second-order valence-electron chi connectivity index (χ2n) is 5.55. The van der Waals surface area contributed by atoms with Crippen LogP contribution in [0, 0.1) is 0 Å². The van der Waals surface area contributed by atoms with Gasteiger partial charge in [-0.05, 0) is 32.4 Å². The number of thioether (sulfide) groups is 1. The first-order valence-corrected chi connectivity index (χ1v) is 9.04. The van der Waals surface area contributed by atoms with Crippen molar-refractivity contribution >= 4 is 17.7 Å². The molecule has 0 bridgehead atoms. The molecular formula is C15H30N2OS. The second kappa shape index (κ2) is 9.65. The summed E-state index contributed by atoms with van der Waals surface area (Å²) in [6, 6.07) is 0.430. The zero-order valence-corrected chi connectivity index (χ0v) is 13.5. The fourth-order valence-electron chi connectivity index (χ4n) is 2.71. The quantitative estimate of drug-likeness (QED) is 0.674. The van der Waals surface area contributed by atoms with Gasteiger partial charge in [-0.25, -0.2) is 0 Å². The molecule has 0 saturated heterocycles. The van der Waals surface area contributed by atoms with Crippen LogP contribution < -0.4 is 10.6 Å². The number of carbonyl (C=O) groups is 1. The standard InChI is InChI=1S/C15H30N2OS/c1-4-5-8-11-16-15(18)12(2)17-13-9-6-7-10-14(13)19-3/h12-14,17H,4-11H2,1-3H3,(H,16,18). The molecule has 0 aromatic carbocycles. The maximum atomic E-state index is 12.0. The molecule has 1 aliphatic rings. The molecule has 0 radical (unpaired) electrons. The van der Waals surface area contributed by atoms with E-state index in [1.165, 1.54) is 38.5 Å². The van der Waals surface area contributed by atoms with Gasteiger partial charge in [0.05, 0.1) is 6.04 Å². The van der Waals surface area contributed by atoms with Crippen molar-refractivity contribution in [1.82, 2.24) is 10.6 Å². The smallest absolute Gasteiger partial charge is 0.236 e. The van der Waals surface area contributed by atoms with Crippen LogP contribution in [0.2, 0.25) is 0 Å². The van der Waals surface area contributed by atoms with Gasteiger partial charge >= 0.3 is 0 Å². The molecule has 19 heavy (non-hydrogen) atoms. The molecule has 3 nitrogen and oxygen atoms in total. The van der Waals surface area contributed by atoms with Gasteiger partial charge in [-0.15, -0.1) is 0 Å². The molecule has 1 amide bonds. The highest BCUT2D eigenvalue weighted by molar-refractivity contribution is 7.99. The third-order valence-electron chi connectivity index (χ3n) is 3.94. The van der Waals surface area contributed by atoms with Crippen LogP contribution in [0.25, 0.3) is 0 Å². The molecule has 3 unspecified atom stereocenters. The monoisotopic (exact) mass is 286 g/mol. The Hall–Kier alpha value is -0.220. The normalized spacial score (nSPS) is 25.0. The lowest BCUT2D eigenvalue weighted by molar-refractivity contribution is -0.123. The number of amides is 1. The van der Waals surface area contributed by atoms with Crippen molar-refractivity contribution in [2.75, 3.05) is 12.8 Å². The van der Waals surface area contributed by atoms with Gasteiger partial charge in [0.1, 0.15) is 0 Å². The predicted octanol–water partition coefficient (Wildman–Crippen LogP) is 2.95. The number of unbranched alkanes of at least 4 members (excludes halogenated alkanes) is 2. The number of hydrogen-bond donors (Lipinski definition) is 2. The number of hydrogen-bond acceptors (Lipinski definition) is 3. The highest BCUT2D eigenvalue weighted by atomic mass is 32.2. The van der Waals surface area contributed by atoms with E-state index in [1.807, 2.05) is 18.7 Å². The molecule has 0 spiro atoms. The lowest BCUT2D eigenvalue weighted by Gasteiger charge is -2.33. The molecule has 4 heteroatoms. The minimum absolute atomic E-state index is 0.0700. The summed E-state index contributed by atoms with van der Waals surface area (Å²) >= 11 is 1.94. The lowest BCUT2D eigenvalue weighted by Crippen LogP contribution is -2.51. The van der Waals surface area contributed by atoms with Crippen LogP contribution in [-0.4, -0.2) is 36.0 Å². The SMILES string of the molecule is CCCCCNC(=O)C(C)NC1CCCCC1SC. The maximum absolute atomic E-state index is 12.0. The second-order valence-corrected chi connectivity index (χ2v) is 6.63. The van der Waals surface area contributed by atoms with Crippen LogP contribution in [0.1, 0.15) is 58.8 Å². The van der Waals surface area contributed by atoms with Crippen molar-refractivity contribution in [2.24, 2.45) is 0 Å². The average molecular weight is 286 g/mol. The molecule has 0 aromatic heterocycles. The number of nitrogens with one attached hydrogen (secondary N) is 2. The Kier molecular flexibility index (Phi) is 8.55. The van der Waals surface area contributed by atoms with Crippen LogP contribution in [0.3, 0.4) is 0 Å². The van der Waals surface area contributed by atoms with Crippen molar-refractivity contribution in [3.8, 4) is 0 Å². The summed E-state index contributed by atoms with van der Waals surface area (Å²) in [7, 11) is 0. The Morgan fingerprint density at radius 1 is 1.32 bits per heavy atom. The van der Waals surface area contributed by atoms with Crippen molar-refractivity contribution < 1.29 is 4.79 Å². The molecule has 3 atom stereocenters. The highest BCUT2D eigenvalue weighted by Crippen LogP contribution is 2.27. The third-order valence-corrected chi connectivity index (χ3v) is 5.11. The van der Waals surface area contributed by atoms with Crippen LogP contribution in [0.15, 0.2) is 0 Å². The van der Waals surface area contributed by atoms with Gasteiger partial charge in [-0.1, -0.05) is 32.6 Å². The molecule has 0 aromatic rings. The Morgan fingerprint density at radius 2 is 2.05 bits per heavy atom. The van der Waals surface area contributed by atoms with Crippen LogP contribution in [0.4, 0.5) is 0 Å². The molecule has 1 saturated carbocycles. The summed E-state index contributed by atoms with van der Waals surface area (Å²) in [5.74, 6) is 0.154. The third kappa shape index (κ3) is 6.17. The van der Waals surface area contributed by atoms with Crippen molar-refractivity contribution in [3.05, 3.63) is 0 Å². The molecule has 0 heterocycles. The van der Waals surface area contributed by atoms with Gasteiger partial charge in [-0.2, -0.15) is 11.8 Å². The zero-order valence-electron chi connectivity index (χ0n) is 12.7. The Bertz CT molecular complexity index is 261. The first-order chi connectivity index (χ1) is 9.19. The van der Waals surface area contributed by atoms with Gasteiger partial charge in [0.2, 0.25) is 5.91 Å². The molecule has 2 N–H and O–H groups in total. The van der Waals surface area contributed by atoms with E-state index in [0.29, 0.717) is 11.3 Å². The Balaban J connectivity index is 2.27. The van der Waals surface area contributed by atoms with Crippen molar-refractivity contribution in [3.63, 3.8) is 0 Å². The van der Waals surface area contributed by atoms with E-state index in [0.717, 1.165) is 13.0 Å². The van der Waals surface area contributed by atoms with Gasteiger partial charge in [0.25, 0.3) is 0 Å². The Morgan fingerprint density at radius 3 is 2.74 bits per heavy atom. The van der Waals surface area contributed by atoms with Gasteiger partial charge in [0.15, 0.2) is 0 Å². The summed E-state index contributed by atoms with van der Waals surface area (Å²) in [4.78, 5) is 12.0. The summed E-state index contributed by atoms with van der Waals surface area (Å²) in [6.07, 6.45) is 10.8. The van der Waals surface area contributed by atoms with E-state index >= 15 is 0 Å². The van der Waals surface area contributed by atoms with Gasteiger partial charge < -0.3 is 10.6 Å². The molecule has 1 rings (SSSR count). The summed E-state index contributed by atoms with van der Waals surface area (Å²) < 4.78 is 0. The fourth-order valence-corrected chi connectivity index (χ4v) is 3.65. The van der Waals surface area contributed by atoms with Crippen LogP contribution in [0.5, 0.6) is 0 Å². The topological polar surface area (TPSA) is 41.1 Å². The number of carbonyl (C=O) groups excluding carboxylic acids is 1. The first kappa shape index (κ1) is 16.8. The molecular weight excluding hydrogens is 256 g/mol. The largest absolute Gasteiger partial charge is 0.355 e. The predicted molar refractivity (Wildman–Crippen MR) is 84.7 cm³/mol. The van der Waals surface area contributed by atoms with Crippen molar-refractivity contribution in [2.45, 2.75) is 76.1 Å². The van der Waals surface area contributed by atoms with Crippen LogP contribution in [-0.2, 0) is 4.79 Å². The minimum Gasteiger partial charge on any atom is -0.355 e. The minimum atomic E-state index is -0.0700. The molecule has 112 valence electrons. The molecule has 0 aliphatic heterocycles. The van der Waals surface area contributed by atoms with Crippen LogP contribution >= 0.6 is 11.8 Å². The first-order valence-electron chi connectivity index (χ1n) is 7.75. The van der Waals surface area contributed by atoms with Gasteiger partial charge in [0, 0.05) is 17.8 Å². The summed E-state index contributed by atoms with van der Waals surface area (Å²) in [6.45, 7) is 4.98. The Labute approximate surface area is 122 Å². The maximum Gasteiger partial charge on any atom is 0.236 e. The van der Waals surface area contributed by atoms with E-state index in [2.05, 4.69) is 23.8 Å². The van der Waals surface area contributed by atoms with E-state index in [4.69, 9.17) is 0 Å². The van der Waals surface area contributed by atoms with E-state index in [-0.39, 0.29) is 11.9 Å². The van der Waals surface area contributed by atoms with Crippen molar-refractivity contribution in [1.29, 1.82) is 0 Å². The molecule has 1 fully saturated rings. The summed E-state index contributed by atoms with van der Waals surface area (Å²) in [5.41, 5.74) is 0. The average Bonchev–Trinajstić information content (AvgIpc) is 2.44. The van der Waals surface area contributed by atoms with Gasteiger partial charge in [-0.3, -0.25) is 4.79 Å². The molecule has 1 aliphatic carbocycles. The number of rotatable bonds is 8. The highest BCUT2D eigenvalue weighted by Gasteiger charge is 2.26. The van der Waals surface area contributed by atoms with E-state index in [1.54, 1.807) is 0 Å². The van der Waals surface area contributed by atoms with E-state index in [9.17, 15) is 4.79 Å².